The Kier molecular flexibility index (Phi) is 4.04. The molecule has 2 aromatic rings. The Labute approximate surface area is 112 Å². The molecule has 0 amide bonds. The molecular formula is C15H19NOS. The zero-order chi connectivity index (χ0) is 13.1. The Morgan fingerprint density at radius 2 is 1.94 bits per heavy atom. The molecule has 0 aliphatic rings. The third-order valence-corrected chi connectivity index (χ3v) is 3.91. The van der Waals surface area contributed by atoms with E-state index in [2.05, 4.69) is 29.1 Å². The van der Waals surface area contributed by atoms with Crippen LogP contribution >= 0.6 is 11.3 Å². The highest BCUT2D eigenvalue weighted by molar-refractivity contribution is 7.07. The lowest BCUT2D eigenvalue weighted by Crippen LogP contribution is -2.17. The maximum absolute atomic E-state index is 9.74. The van der Waals surface area contributed by atoms with E-state index in [1.54, 1.807) is 11.3 Å². The van der Waals surface area contributed by atoms with Gasteiger partial charge in [0.05, 0.1) is 0 Å². The molecule has 2 N–H and O–H groups in total. The highest BCUT2D eigenvalue weighted by Gasteiger charge is 2.07. The van der Waals surface area contributed by atoms with Crippen molar-refractivity contribution in [3.63, 3.8) is 0 Å². The fourth-order valence-corrected chi connectivity index (χ4v) is 2.81. The van der Waals surface area contributed by atoms with Crippen molar-refractivity contribution in [3.8, 4) is 5.75 Å². The van der Waals surface area contributed by atoms with E-state index in [1.165, 1.54) is 11.1 Å². The third kappa shape index (κ3) is 2.92. The minimum atomic E-state index is 0.352. The number of phenolic OH excluding ortho intramolecular Hbond substituents is 1. The molecule has 0 saturated carbocycles. The Hall–Kier alpha value is -1.32. The van der Waals surface area contributed by atoms with Gasteiger partial charge in [0.1, 0.15) is 5.75 Å². The van der Waals surface area contributed by atoms with Gasteiger partial charge in [0.2, 0.25) is 0 Å². The molecule has 1 aromatic carbocycles. The molecule has 0 radical (unpaired) electrons. The molecule has 0 saturated heterocycles. The van der Waals surface area contributed by atoms with E-state index in [0.717, 1.165) is 17.7 Å². The van der Waals surface area contributed by atoms with E-state index < -0.39 is 0 Å². The molecule has 2 nitrogen and oxygen atoms in total. The van der Waals surface area contributed by atoms with E-state index in [4.69, 9.17) is 0 Å². The van der Waals surface area contributed by atoms with Crippen molar-refractivity contribution in [2.45, 2.75) is 33.4 Å². The lowest BCUT2D eigenvalue weighted by molar-refractivity contribution is 0.466. The van der Waals surface area contributed by atoms with Gasteiger partial charge in [-0.15, -0.1) is 0 Å². The summed E-state index contributed by atoms with van der Waals surface area (Å²) in [5, 5.41) is 17.5. The van der Waals surface area contributed by atoms with Gasteiger partial charge in [-0.05, 0) is 59.9 Å². The Morgan fingerprint density at radius 1 is 1.28 bits per heavy atom. The van der Waals surface area contributed by atoms with Crippen molar-refractivity contribution in [1.82, 2.24) is 5.32 Å². The van der Waals surface area contributed by atoms with E-state index in [-0.39, 0.29) is 0 Å². The predicted molar refractivity (Wildman–Crippen MR) is 77.2 cm³/mol. The van der Waals surface area contributed by atoms with Crippen LogP contribution in [-0.2, 0) is 6.54 Å². The van der Waals surface area contributed by atoms with Gasteiger partial charge in [0, 0.05) is 12.6 Å². The molecule has 96 valence electrons. The molecule has 18 heavy (non-hydrogen) atoms. The van der Waals surface area contributed by atoms with E-state index in [0.29, 0.717) is 11.8 Å². The van der Waals surface area contributed by atoms with Crippen molar-refractivity contribution in [3.05, 3.63) is 51.2 Å². The molecule has 0 fully saturated rings. The Bertz CT molecular complexity index is 496. The zero-order valence-electron chi connectivity index (χ0n) is 11.0. The fourth-order valence-electron chi connectivity index (χ4n) is 2.06. The van der Waals surface area contributed by atoms with Gasteiger partial charge < -0.3 is 10.4 Å². The Morgan fingerprint density at radius 3 is 2.50 bits per heavy atom. The monoisotopic (exact) mass is 261 g/mol. The molecule has 0 spiro atoms. The number of nitrogens with one attached hydrogen (secondary N) is 1. The SMILES string of the molecule is Cc1cc(CNC(C)c2ccsc2)cc(C)c1O. The minimum absolute atomic E-state index is 0.352. The van der Waals surface area contributed by atoms with Gasteiger partial charge in [-0.3, -0.25) is 0 Å². The Balaban J connectivity index is 2.02. The van der Waals surface area contributed by atoms with Gasteiger partial charge in [0.15, 0.2) is 0 Å². The topological polar surface area (TPSA) is 32.3 Å². The lowest BCUT2D eigenvalue weighted by Gasteiger charge is -2.14. The van der Waals surface area contributed by atoms with Gasteiger partial charge >= 0.3 is 0 Å². The maximum atomic E-state index is 9.74. The van der Waals surface area contributed by atoms with Crippen LogP contribution in [0.2, 0.25) is 0 Å². The van der Waals surface area contributed by atoms with Crippen LogP contribution in [0.1, 0.15) is 35.2 Å². The first-order chi connectivity index (χ1) is 8.58. The molecule has 0 aliphatic carbocycles. The summed E-state index contributed by atoms with van der Waals surface area (Å²) in [7, 11) is 0. The maximum Gasteiger partial charge on any atom is 0.121 e. The second-order valence-corrected chi connectivity index (χ2v) is 5.52. The number of hydrogen-bond acceptors (Lipinski definition) is 3. The average Bonchev–Trinajstić information content (AvgIpc) is 2.86. The second kappa shape index (κ2) is 5.55. The van der Waals surface area contributed by atoms with Gasteiger partial charge in [-0.25, -0.2) is 0 Å². The third-order valence-electron chi connectivity index (χ3n) is 3.21. The van der Waals surface area contributed by atoms with E-state index >= 15 is 0 Å². The zero-order valence-corrected chi connectivity index (χ0v) is 11.8. The van der Waals surface area contributed by atoms with Crippen molar-refractivity contribution >= 4 is 11.3 Å². The van der Waals surface area contributed by atoms with Crippen LogP contribution in [0.4, 0.5) is 0 Å². The summed E-state index contributed by atoms with van der Waals surface area (Å²) in [4.78, 5) is 0. The number of benzene rings is 1. The van der Waals surface area contributed by atoms with Crippen molar-refractivity contribution in [2.24, 2.45) is 0 Å². The van der Waals surface area contributed by atoms with Crippen molar-refractivity contribution in [2.75, 3.05) is 0 Å². The second-order valence-electron chi connectivity index (χ2n) is 4.74. The van der Waals surface area contributed by atoms with Crippen molar-refractivity contribution < 1.29 is 5.11 Å². The van der Waals surface area contributed by atoms with Crippen LogP contribution in [0.3, 0.4) is 0 Å². The normalized spacial score (nSPS) is 12.6. The molecule has 1 atom stereocenters. The predicted octanol–water partition coefficient (Wildman–Crippen LogP) is 3.92. The van der Waals surface area contributed by atoms with Crippen molar-refractivity contribution in [1.29, 1.82) is 0 Å². The lowest BCUT2D eigenvalue weighted by atomic mass is 10.1. The summed E-state index contributed by atoms with van der Waals surface area (Å²) in [6.07, 6.45) is 0. The highest BCUT2D eigenvalue weighted by atomic mass is 32.1. The van der Waals surface area contributed by atoms with Crippen LogP contribution in [0, 0.1) is 13.8 Å². The number of aromatic hydroxyl groups is 1. The first-order valence-corrected chi connectivity index (χ1v) is 7.07. The first kappa shape index (κ1) is 13.1. The quantitative estimate of drug-likeness (QED) is 0.874. The van der Waals surface area contributed by atoms with Crippen LogP contribution < -0.4 is 5.32 Å². The van der Waals surface area contributed by atoms with Crippen LogP contribution in [0.15, 0.2) is 29.0 Å². The molecule has 1 aromatic heterocycles. The standard InChI is InChI=1S/C15H19NOS/c1-10-6-13(7-11(2)15(10)17)8-16-12(3)14-4-5-18-9-14/h4-7,9,12,16-17H,8H2,1-3H3. The van der Waals surface area contributed by atoms with Crippen LogP contribution in [0.25, 0.3) is 0 Å². The molecule has 0 bridgehead atoms. The van der Waals surface area contributed by atoms with E-state index in [9.17, 15) is 5.11 Å². The number of rotatable bonds is 4. The van der Waals surface area contributed by atoms with Gasteiger partial charge in [-0.2, -0.15) is 11.3 Å². The molecule has 0 aliphatic heterocycles. The van der Waals surface area contributed by atoms with Crippen LogP contribution in [-0.4, -0.2) is 5.11 Å². The van der Waals surface area contributed by atoms with E-state index in [1.807, 2.05) is 26.0 Å². The van der Waals surface area contributed by atoms with Gasteiger partial charge in [0.25, 0.3) is 0 Å². The molecule has 3 heteroatoms. The number of thiophene rings is 1. The summed E-state index contributed by atoms with van der Waals surface area (Å²) in [6.45, 7) is 6.86. The number of aryl methyl sites for hydroxylation is 2. The number of phenols is 1. The smallest absolute Gasteiger partial charge is 0.121 e. The largest absolute Gasteiger partial charge is 0.507 e. The summed E-state index contributed by atoms with van der Waals surface area (Å²) >= 11 is 1.72. The average molecular weight is 261 g/mol. The molecule has 1 unspecified atom stereocenters. The fraction of sp³-hybridized carbons (Fsp3) is 0.333. The summed E-state index contributed by atoms with van der Waals surface area (Å²) in [5.41, 5.74) is 4.42. The first-order valence-electron chi connectivity index (χ1n) is 6.12. The molecule has 1 heterocycles. The molecule has 2 rings (SSSR count). The summed E-state index contributed by atoms with van der Waals surface area (Å²) in [5.74, 6) is 0.407. The van der Waals surface area contributed by atoms with Crippen LogP contribution in [0.5, 0.6) is 5.75 Å². The minimum Gasteiger partial charge on any atom is -0.507 e. The summed E-state index contributed by atoms with van der Waals surface area (Å²) < 4.78 is 0. The highest BCUT2D eigenvalue weighted by Crippen LogP contribution is 2.23. The van der Waals surface area contributed by atoms with Gasteiger partial charge in [-0.1, -0.05) is 12.1 Å². The summed E-state index contributed by atoms with van der Waals surface area (Å²) in [6, 6.07) is 6.58. The molecular weight excluding hydrogens is 242 g/mol. The number of hydrogen-bond donors (Lipinski definition) is 2.